The Bertz CT molecular complexity index is 976. The first kappa shape index (κ1) is 13.8. The van der Waals surface area contributed by atoms with Crippen LogP contribution in [0.3, 0.4) is 0 Å². The molecule has 1 aromatic carbocycles. The summed E-state index contributed by atoms with van der Waals surface area (Å²) in [5, 5.41) is 5.48. The standard InChI is InChI=1S/C18H19N5/c1-4-14-15(13-9-11-7-5-6-8-12(11)22-13)16-17(19-2)20-10-21-18(16)23(14)3/h5-10,22H,4H2,1-3H3,(H,19,20,21). The molecule has 0 bridgehead atoms. The molecule has 3 aromatic heterocycles. The summed E-state index contributed by atoms with van der Waals surface area (Å²) in [6.07, 6.45) is 2.54. The molecule has 0 aliphatic carbocycles. The molecular weight excluding hydrogens is 286 g/mol. The molecule has 5 heteroatoms. The molecule has 0 spiro atoms. The number of aromatic nitrogens is 4. The maximum absolute atomic E-state index is 4.50. The van der Waals surface area contributed by atoms with Crippen molar-refractivity contribution in [2.24, 2.45) is 7.05 Å². The summed E-state index contributed by atoms with van der Waals surface area (Å²) < 4.78 is 2.17. The van der Waals surface area contributed by atoms with Crippen molar-refractivity contribution in [2.45, 2.75) is 13.3 Å². The summed E-state index contributed by atoms with van der Waals surface area (Å²) in [5.74, 6) is 0.860. The topological polar surface area (TPSA) is 58.5 Å². The van der Waals surface area contributed by atoms with E-state index >= 15 is 0 Å². The highest BCUT2D eigenvalue weighted by Gasteiger charge is 2.21. The fraction of sp³-hybridized carbons (Fsp3) is 0.222. The van der Waals surface area contributed by atoms with Gasteiger partial charge < -0.3 is 14.9 Å². The zero-order chi connectivity index (χ0) is 16.0. The van der Waals surface area contributed by atoms with E-state index in [1.54, 1.807) is 6.33 Å². The second-order valence-corrected chi connectivity index (χ2v) is 5.68. The third kappa shape index (κ3) is 1.93. The summed E-state index contributed by atoms with van der Waals surface area (Å²) >= 11 is 0. The third-order valence-electron chi connectivity index (χ3n) is 4.46. The monoisotopic (exact) mass is 305 g/mol. The first-order valence-electron chi connectivity index (χ1n) is 7.82. The van der Waals surface area contributed by atoms with Crippen LogP contribution in [0, 0.1) is 0 Å². The van der Waals surface area contributed by atoms with Crippen LogP contribution in [0.5, 0.6) is 0 Å². The second kappa shape index (κ2) is 5.12. The molecule has 0 fully saturated rings. The number of rotatable bonds is 3. The number of benzene rings is 1. The van der Waals surface area contributed by atoms with Crippen LogP contribution in [0.15, 0.2) is 36.7 Å². The molecule has 2 N–H and O–H groups in total. The van der Waals surface area contributed by atoms with Gasteiger partial charge in [-0.25, -0.2) is 9.97 Å². The Morgan fingerprint density at radius 1 is 1.22 bits per heavy atom. The van der Waals surface area contributed by atoms with Crippen molar-refractivity contribution >= 4 is 27.8 Å². The summed E-state index contributed by atoms with van der Waals surface area (Å²) in [6.45, 7) is 2.17. The Kier molecular flexibility index (Phi) is 3.08. The number of hydrogen-bond acceptors (Lipinski definition) is 3. The Balaban J connectivity index is 2.12. The van der Waals surface area contributed by atoms with Gasteiger partial charge in [-0.2, -0.15) is 0 Å². The number of nitrogens with one attached hydrogen (secondary N) is 2. The number of nitrogens with zero attached hydrogens (tertiary/aromatic N) is 3. The van der Waals surface area contributed by atoms with Gasteiger partial charge in [0.25, 0.3) is 0 Å². The van der Waals surface area contributed by atoms with Gasteiger partial charge in [-0.1, -0.05) is 25.1 Å². The fourth-order valence-electron chi connectivity index (χ4n) is 3.40. The minimum atomic E-state index is 0.860. The van der Waals surface area contributed by atoms with Gasteiger partial charge in [-0.15, -0.1) is 0 Å². The van der Waals surface area contributed by atoms with E-state index in [1.807, 2.05) is 7.05 Å². The number of aryl methyl sites for hydroxylation is 1. The zero-order valence-corrected chi connectivity index (χ0v) is 13.5. The molecule has 5 nitrogen and oxygen atoms in total. The number of para-hydroxylation sites is 1. The van der Waals surface area contributed by atoms with Crippen LogP contribution < -0.4 is 5.32 Å². The highest BCUT2D eigenvalue weighted by molar-refractivity contribution is 6.04. The summed E-state index contributed by atoms with van der Waals surface area (Å²) in [7, 11) is 3.97. The van der Waals surface area contributed by atoms with Gasteiger partial charge >= 0.3 is 0 Å². The molecule has 0 atom stereocenters. The molecule has 4 rings (SSSR count). The van der Waals surface area contributed by atoms with Crippen LogP contribution in [0.4, 0.5) is 5.82 Å². The van der Waals surface area contributed by atoms with Crippen molar-refractivity contribution in [3.05, 3.63) is 42.4 Å². The molecule has 0 aliphatic rings. The van der Waals surface area contributed by atoms with E-state index in [4.69, 9.17) is 0 Å². The average Bonchev–Trinajstić information content (AvgIpc) is 3.13. The van der Waals surface area contributed by atoms with Crippen molar-refractivity contribution in [1.82, 2.24) is 19.5 Å². The van der Waals surface area contributed by atoms with E-state index in [0.717, 1.165) is 34.5 Å². The van der Waals surface area contributed by atoms with Crippen molar-refractivity contribution in [2.75, 3.05) is 12.4 Å². The second-order valence-electron chi connectivity index (χ2n) is 5.68. The Labute approximate surface area is 134 Å². The molecule has 0 radical (unpaired) electrons. The Hall–Kier alpha value is -2.82. The quantitative estimate of drug-likeness (QED) is 0.606. The van der Waals surface area contributed by atoms with Gasteiger partial charge in [0.2, 0.25) is 0 Å². The summed E-state index contributed by atoms with van der Waals surface area (Å²) in [6, 6.07) is 10.5. The lowest BCUT2D eigenvalue weighted by atomic mass is 10.1. The lowest BCUT2D eigenvalue weighted by molar-refractivity contribution is 0.854. The average molecular weight is 305 g/mol. The molecule has 116 valence electrons. The SMILES string of the molecule is CCc1c(-c2cc3ccccc3[nH]2)c2c(NC)ncnc2n1C. The van der Waals surface area contributed by atoms with Crippen molar-refractivity contribution in [1.29, 1.82) is 0 Å². The largest absolute Gasteiger partial charge is 0.372 e. The molecular formula is C18H19N5. The number of hydrogen-bond donors (Lipinski definition) is 2. The van der Waals surface area contributed by atoms with Crippen LogP contribution in [0.25, 0.3) is 33.2 Å². The highest BCUT2D eigenvalue weighted by atomic mass is 15.1. The predicted octanol–water partition coefficient (Wildman–Crippen LogP) is 3.72. The van der Waals surface area contributed by atoms with E-state index in [-0.39, 0.29) is 0 Å². The molecule has 3 heterocycles. The molecule has 0 saturated heterocycles. The lowest BCUT2D eigenvalue weighted by Gasteiger charge is -2.04. The summed E-state index contributed by atoms with van der Waals surface area (Å²) in [4.78, 5) is 12.4. The van der Waals surface area contributed by atoms with Crippen LogP contribution in [-0.4, -0.2) is 26.6 Å². The number of H-pyrrole nitrogens is 1. The van der Waals surface area contributed by atoms with E-state index in [0.29, 0.717) is 0 Å². The van der Waals surface area contributed by atoms with Gasteiger partial charge in [0.05, 0.1) is 5.39 Å². The van der Waals surface area contributed by atoms with E-state index in [9.17, 15) is 0 Å². The molecule has 0 saturated carbocycles. The van der Waals surface area contributed by atoms with Crippen LogP contribution >= 0.6 is 0 Å². The smallest absolute Gasteiger partial charge is 0.146 e. The highest BCUT2D eigenvalue weighted by Crippen LogP contribution is 2.37. The Morgan fingerprint density at radius 3 is 2.78 bits per heavy atom. The fourth-order valence-corrected chi connectivity index (χ4v) is 3.40. The summed E-state index contributed by atoms with van der Waals surface area (Å²) in [5.41, 5.74) is 5.65. The van der Waals surface area contributed by atoms with Gasteiger partial charge in [0, 0.05) is 41.9 Å². The van der Waals surface area contributed by atoms with Gasteiger partial charge in [0.15, 0.2) is 0 Å². The van der Waals surface area contributed by atoms with Crippen molar-refractivity contribution in [3.63, 3.8) is 0 Å². The first-order chi connectivity index (χ1) is 11.2. The van der Waals surface area contributed by atoms with Crippen LogP contribution in [0.2, 0.25) is 0 Å². The van der Waals surface area contributed by atoms with Gasteiger partial charge in [-0.05, 0) is 18.6 Å². The third-order valence-corrected chi connectivity index (χ3v) is 4.46. The van der Waals surface area contributed by atoms with Crippen LogP contribution in [-0.2, 0) is 13.5 Å². The Morgan fingerprint density at radius 2 is 2.04 bits per heavy atom. The number of fused-ring (bicyclic) bond motifs is 2. The van der Waals surface area contributed by atoms with E-state index in [2.05, 4.69) is 69.1 Å². The normalized spacial score (nSPS) is 11.4. The van der Waals surface area contributed by atoms with E-state index < -0.39 is 0 Å². The lowest BCUT2D eigenvalue weighted by Crippen LogP contribution is -1.97. The molecule has 0 unspecified atom stereocenters. The maximum atomic E-state index is 4.50. The number of aromatic amines is 1. The first-order valence-corrected chi connectivity index (χ1v) is 7.82. The molecule has 0 aliphatic heterocycles. The van der Waals surface area contributed by atoms with Gasteiger partial charge in [0.1, 0.15) is 17.8 Å². The van der Waals surface area contributed by atoms with Gasteiger partial charge in [-0.3, -0.25) is 0 Å². The number of anilines is 1. The molecule has 4 aromatic rings. The van der Waals surface area contributed by atoms with Crippen molar-refractivity contribution in [3.8, 4) is 11.3 Å². The minimum absolute atomic E-state index is 0.860. The maximum Gasteiger partial charge on any atom is 0.146 e. The van der Waals surface area contributed by atoms with Crippen LogP contribution in [0.1, 0.15) is 12.6 Å². The van der Waals surface area contributed by atoms with Crippen molar-refractivity contribution < 1.29 is 0 Å². The molecule has 0 amide bonds. The molecule has 23 heavy (non-hydrogen) atoms. The zero-order valence-electron chi connectivity index (χ0n) is 13.5. The predicted molar refractivity (Wildman–Crippen MR) is 94.7 cm³/mol. The minimum Gasteiger partial charge on any atom is -0.372 e. The van der Waals surface area contributed by atoms with E-state index in [1.165, 1.54) is 16.6 Å².